The number of carbonyl (C=O) groups is 2. The maximum absolute atomic E-state index is 11.9. The van der Waals surface area contributed by atoms with E-state index in [0.29, 0.717) is 19.5 Å². The van der Waals surface area contributed by atoms with Gasteiger partial charge in [0.05, 0.1) is 13.1 Å². The van der Waals surface area contributed by atoms with Crippen molar-refractivity contribution in [3.8, 4) is 5.75 Å². The van der Waals surface area contributed by atoms with E-state index in [1.807, 2.05) is 52.0 Å². The van der Waals surface area contributed by atoms with Gasteiger partial charge in [-0.25, -0.2) is 4.79 Å². The lowest BCUT2D eigenvalue weighted by Crippen LogP contribution is -2.57. The van der Waals surface area contributed by atoms with E-state index >= 15 is 0 Å². The predicted octanol–water partition coefficient (Wildman–Crippen LogP) is 3.27. The smallest absolute Gasteiger partial charge is 0.410 e. The number of hydrogen-bond acceptors (Lipinski definition) is 4. The zero-order chi connectivity index (χ0) is 19.5. The van der Waals surface area contributed by atoms with Gasteiger partial charge in [-0.1, -0.05) is 19.1 Å². The van der Waals surface area contributed by atoms with Crippen molar-refractivity contribution in [3.05, 3.63) is 29.8 Å². The molecule has 0 saturated carbocycles. The van der Waals surface area contributed by atoms with E-state index in [9.17, 15) is 9.59 Å². The van der Waals surface area contributed by atoms with Crippen molar-refractivity contribution in [2.45, 2.75) is 51.7 Å². The van der Waals surface area contributed by atoms with E-state index in [1.54, 1.807) is 23.9 Å². The highest BCUT2D eigenvalue weighted by molar-refractivity contribution is 5.76. The van der Waals surface area contributed by atoms with Crippen LogP contribution in [0.5, 0.6) is 5.75 Å². The normalized spacial score (nSPS) is 15.8. The van der Waals surface area contributed by atoms with Crippen LogP contribution in [0.1, 0.15) is 45.6 Å². The topological polar surface area (TPSA) is 59.1 Å². The van der Waals surface area contributed by atoms with Crippen molar-refractivity contribution in [3.63, 3.8) is 0 Å². The largest absolute Gasteiger partial charge is 0.487 e. The quantitative estimate of drug-likeness (QED) is 0.807. The Bertz CT molecular complexity index is 628. The minimum absolute atomic E-state index is 0.0129. The predicted molar refractivity (Wildman–Crippen MR) is 100 cm³/mol. The number of rotatable bonds is 5. The first-order chi connectivity index (χ1) is 12.0. The Hall–Kier alpha value is -2.24. The summed E-state index contributed by atoms with van der Waals surface area (Å²) in [6, 6.07) is 7.82. The summed E-state index contributed by atoms with van der Waals surface area (Å²) in [4.78, 5) is 27.0. The molecule has 0 N–H and O–H groups in total. The number of likely N-dealkylation sites (tertiary alicyclic amines) is 1. The first kappa shape index (κ1) is 20.1. The Labute approximate surface area is 156 Å². The van der Waals surface area contributed by atoms with Gasteiger partial charge in [-0.3, -0.25) is 4.79 Å². The average Bonchev–Trinajstić information content (AvgIpc) is 2.48. The Morgan fingerprint density at radius 1 is 1.19 bits per heavy atom. The summed E-state index contributed by atoms with van der Waals surface area (Å²) >= 11 is 0. The monoisotopic (exact) mass is 362 g/mol. The summed E-state index contributed by atoms with van der Waals surface area (Å²) in [5.74, 6) is 1.05. The number of nitrogens with zero attached hydrogens (tertiary/aromatic N) is 2. The first-order valence-corrected chi connectivity index (χ1v) is 9.00. The van der Waals surface area contributed by atoms with Gasteiger partial charge in [-0.2, -0.15) is 0 Å². The highest BCUT2D eigenvalue weighted by Gasteiger charge is 2.35. The van der Waals surface area contributed by atoms with E-state index in [2.05, 4.69) is 0 Å². The molecule has 0 aliphatic carbocycles. The molecule has 0 aromatic heterocycles. The molecular weight excluding hydrogens is 332 g/mol. The van der Waals surface area contributed by atoms with Gasteiger partial charge in [0.15, 0.2) is 0 Å². The van der Waals surface area contributed by atoms with Crippen LogP contribution in [0.25, 0.3) is 0 Å². The maximum Gasteiger partial charge on any atom is 0.410 e. The molecule has 26 heavy (non-hydrogen) atoms. The molecule has 1 atom stereocenters. The van der Waals surface area contributed by atoms with Crippen LogP contribution in [-0.2, 0) is 9.53 Å². The van der Waals surface area contributed by atoms with Gasteiger partial charge in [0.2, 0.25) is 5.91 Å². The number of hydrogen-bond donors (Lipinski definition) is 0. The zero-order valence-corrected chi connectivity index (χ0v) is 16.6. The fraction of sp³-hybridized carbons (Fsp3) is 0.600. The summed E-state index contributed by atoms with van der Waals surface area (Å²) in [7, 11) is 3.54. The molecule has 2 rings (SSSR count). The third-order valence-corrected chi connectivity index (χ3v) is 4.23. The van der Waals surface area contributed by atoms with Crippen LogP contribution in [0.3, 0.4) is 0 Å². The summed E-state index contributed by atoms with van der Waals surface area (Å²) in [6.45, 7) is 8.67. The summed E-state index contributed by atoms with van der Waals surface area (Å²) in [6.07, 6.45) is 0.175. The molecule has 0 radical (unpaired) electrons. The van der Waals surface area contributed by atoms with Crippen molar-refractivity contribution in [1.29, 1.82) is 0 Å². The molecule has 6 nitrogen and oxygen atoms in total. The van der Waals surface area contributed by atoms with E-state index < -0.39 is 5.60 Å². The lowest BCUT2D eigenvalue weighted by atomic mass is 9.97. The molecule has 1 saturated heterocycles. The second-order valence-electron chi connectivity index (χ2n) is 8.09. The van der Waals surface area contributed by atoms with Gasteiger partial charge in [0.1, 0.15) is 17.5 Å². The van der Waals surface area contributed by atoms with Crippen LogP contribution in [0.4, 0.5) is 4.79 Å². The highest BCUT2D eigenvalue weighted by atomic mass is 16.6. The third-order valence-electron chi connectivity index (χ3n) is 4.23. The fourth-order valence-electron chi connectivity index (χ4n) is 2.62. The van der Waals surface area contributed by atoms with Crippen LogP contribution in [-0.4, -0.2) is 60.7 Å². The maximum atomic E-state index is 11.9. The second kappa shape index (κ2) is 7.98. The summed E-state index contributed by atoms with van der Waals surface area (Å²) in [5, 5.41) is 0. The molecule has 1 heterocycles. The van der Waals surface area contributed by atoms with Crippen LogP contribution in [0.15, 0.2) is 24.3 Å². The molecule has 0 unspecified atom stereocenters. The molecule has 1 aliphatic rings. The van der Waals surface area contributed by atoms with Crippen molar-refractivity contribution in [2.75, 3.05) is 27.2 Å². The molecule has 1 aromatic carbocycles. The van der Waals surface area contributed by atoms with Crippen LogP contribution < -0.4 is 4.74 Å². The van der Waals surface area contributed by atoms with E-state index in [1.165, 1.54) is 0 Å². The number of carbonyl (C=O) groups excluding carboxylic acids is 2. The lowest BCUT2D eigenvalue weighted by Gasteiger charge is -2.39. The van der Waals surface area contributed by atoms with Crippen LogP contribution >= 0.6 is 0 Å². The molecule has 6 heteroatoms. The summed E-state index contributed by atoms with van der Waals surface area (Å²) < 4.78 is 11.2. The van der Waals surface area contributed by atoms with Crippen molar-refractivity contribution in [2.24, 2.45) is 0 Å². The van der Waals surface area contributed by atoms with Crippen molar-refractivity contribution < 1.29 is 19.1 Å². The van der Waals surface area contributed by atoms with Gasteiger partial charge in [0, 0.05) is 20.5 Å². The SMILES string of the molecule is C[C@H](CC(=O)N(C)C)c1ccc(OC2CN(C(=O)OC(C)(C)C)C2)cc1. The van der Waals surface area contributed by atoms with E-state index in [0.717, 1.165) is 11.3 Å². The molecule has 0 spiro atoms. The Morgan fingerprint density at radius 3 is 2.27 bits per heavy atom. The lowest BCUT2D eigenvalue weighted by molar-refractivity contribution is -0.129. The van der Waals surface area contributed by atoms with Crippen molar-refractivity contribution in [1.82, 2.24) is 9.80 Å². The number of amides is 2. The molecule has 1 aliphatic heterocycles. The van der Waals surface area contributed by atoms with Gasteiger partial charge < -0.3 is 19.3 Å². The Kier molecular flexibility index (Phi) is 6.16. The van der Waals surface area contributed by atoms with Gasteiger partial charge in [-0.15, -0.1) is 0 Å². The average molecular weight is 362 g/mol. The third kappa shape index (κ3) is 5.64. The molecule has 2 amide bonds. The van der Waals surface area contributed by atoms with E-state index in [4.69, 9.17) is 9.47 Å². The molecule has 144 valence electrons. The van der Waals surface area contributed by atoms with Crippen LogP contribution in [0, 0.1) is 0 Å². The Morgan fingerprint density at radius 2 is 1.77 bits per heavy atom. The van der Waals surface area contributed by atoms with Crippen molar-refractivity contribution >= 4 is 12.0 Å². The molecule has 1 fully saturated rings. The molecule has 0 bridgehead atoms. The molecule has 1 aromatic rings. The van der Waals surface area contributed by atoms with Gasteiger partial charge in [0.25, 0.3) is 0 Å². The molecular formula is C20H30N2O4. The van der Waals surface area contributed by atoms with Gasteiger partial charge in [-0.05, 0) is 44.4 Å². The summed E-state index contributed by atoms with van der Waals surface area (Å²) in [5.41, 5.74) is 0.625. The number of benzene rings is 1. The highest BCUT2D eigenvalue weighted by Crippen LogP contribution is 2.25. The van der Waals surface area contributed by atoms with E-state index in [-0.39, 0.29) is 24.0 Å². The minimum atomic E-state index is -0.483. The minimum Gasteiger partial charge on any atom is -0.487 e. The number of ether oxygens (including phenoxy) is 2. The second-order valence-corrected chi connectivity index (χ2v) is 8.09. The zero-order valence-electron chi connectivity index (χ0n) is 16.6. The fourth-order valence-corrected chi connectivity index (χ4v) is 2.62. The first-order valence-electron chi connectivity index (χ1n) is 9.00. The Balaban J connectivity index is 1.80. The van der Waals surface area contributed by atoms with Gasteiger partial charge >= 0.3 is 6.09 Å². The van der Waals surface area contributed by atoms with Crippen LogP contribution in [0.2, 0.25) is 0 Å². The standard InChI is InChI=1S/C20H30N2O4/c1-14(11-18(23)21(5)6)15-7-9-16(10-8-15)25-17-12-22(13-17)19(24)26-20(2,3)4/h7-10,14,17H,11-13H2,1-6H3/t14-/m1/s1.